The van der Waals surface area contributed by atoms with E-state index in [2.05, 4.69) is 16.7 Å². The van der Waals surface area contributed by atoms with E-state index in [-0.39, 0.29) is 0 Å². The summed E-state index contributed by atoms with van der Waals surface area (Å²) in [5.41, 5.74) is 6.18. The molecule has 100 valence electrons. The van der Waals surface area contributed by atoms with E-state index in [1.54, 1.807) is 0 Å². The lowest BCUT2D eigenvalue weighted by atomic mass is 10.1. The van der Waals surface area contributed by atoms with Crippen molar-refractivity contribution in [2.24, 2.45) is 5.73 Å². The first-order chi connectivity index (χ1) is 8.29. The maximum absolute atomic E-state index is 6.18. The van der Waals surface area contributed by atoms with E-state index in [1.165, 1.54) is 64.7 Å². The molecule has 2 aliphatic rings. The van der Waals surface area contributed by atoms with Gasteiger partial charge in [0.05, 0.1) is 0 Å². The van der Waals surface area contributed by atoms with Gasteiger partial charge in [-0.05, 0) is 45.3 Å². The molecule has 0 aromatic carbocycles. The molecule has 0 saturated carbocycles. The second kappa shape index (κ2) is 6.72. The Bertz CT molecular complexity index is 214. The lowest BCUT2D eigenvalue weighted by Gasteiger charge is -2.25. The second-order valence-electron chi connectivity index (χ2n) is 5.85. The van der Waals surface area contributed by atoms with Crippen molar-refractivity contribution in [3.8, 4) is 0 Å². The fourth-order valence-corrected chi connectivity index (χ4v) is 3.27. The molecule has 0 aromatic rings. The minimum atomic E-state index is 0.396. The van der Waals surface area contributed by atoms with E-state index in [9.17, 15) is 0 Å². The van der Waals surface area contributed by atoms with Gasteiger partial charge in [-0.1, -0.05) is 19.8 Å². The van der Waals surface area contributed by atoms with Crippen molar-refractivity contribution < 1.29 is 0 Å². The topological polar surface area (TPSA) is 32.5 Å². The first kappa shape index (κ1) is 13.3. The van der Waals surface area contributed by atoms with Crippen molar-refractivity contribution >= 4 is 0 Å². The maximum Gasteiger partial charge on any atom is 0.0235 e. The third-order valence-corrected chi connectivity index (χ3v) is 4.33. The van der Waals surface area contributed by atoms with Gasteiger partial charge in [-0.3, -0.25) is 4.90 Å². The molecule has 2 N–H and O–H groups in total. The van der Waals surface area contributed by atoms with Gasteiger partial charge in [0.2, 0.25) is 0 Å². The monoisotopic (exact) mass is 239 g/mol. The quantitative estimate of drug-likeness (QED) is 0.765. The SMILES string of the molecule is CCCCC(N)CN1CCC(N2CCCC2)C1. The Morgan fingerprint density at radius 1 is 1.24 bits per heavy atom. The molecule has 0 amide bonds. The second-order valence-corrected chi connectivity index (χ2v) is 5.85. The van der Waals surface area contributed by atoms with Crippen LogP contribution in [0, 0.1) is 0 Å². The van der Waals surface area contributed by atoms with Crippen LogP contribution in [-0.4, -0.2) is 54.6 Å². The predicted molar refractivity (Wildman–Crippen MR) is 73.2 cm³/mol. The van der Waals surface area contributed by atoms with Gasteiger partial charge in [-0.25, -0.2) is 0 Å². The van der Waals surface area contributed by atoms with Gasteiger partial charge < -0.3 is 10.6 Å². The predicted octanol–water partition coefficient (Wildman–Crippen LogP) is 1.67. The molecule has 0 aromatic heterocycles. The van der Waals surface area contributed by atoms with E-state index in [0.717, 1.165) is 12.6 Å². The summed E-state index contributed by atoms with van der Waals surface area (Å²) >= 11 is 0. The van der Waals surface area contributed by atoms with E-state index in [0.29, 0.717) is 6.04 Å². The van der Waals surface area contributed by atoms with Gasteiger partial charge in [-0.15, -0.1) is 0 Å². The molecule has 17 heavy (non-hydrogen) atoms. The van der Waals surface area contributed by atoms with E-state index in [1.807, 2.05) is 0 Å². The summed E-state index contributed by atoms with van der Waals surface area (Å²) in [6, 6.07) is 1.23. The third kappa shape index (κ3) is 3.94. The minimum absolute atomic E-state index is 0.396. The lowest BCUT2D eigenvalue weighted by Crippen LogP contribution is -2.39. The lowest BCUT2D eigenvalue weighted by molar-refractivity contribution is 0.226. The van der Waals surface area contributed by atoms with Gasteiger partial charge in [0.1, 0.15) is 0 Å². The zero-order valence-electron chi connectivity index (χ0n) is 11.4. The number of unbranched alkanes of at least 4 members (excludes halogenated alkanes) is 1. The van der Waals surface area contributed by atoms with Gasteiger partial charge in [0, 0.05) is 25.2 Å². The van der Waals surface area contributed by atoms with Crippen molar-refractivity contribution in [3.63, 3.8) is 0 Å². The maximum atomic E-state index is 6.18. The average molecular weight is 239 g/mol. The molecule has 2 atom stereocenters. The van der Waals surface area contributed by atoms with Crippen molar-refractivity contribution in [1.82, 2.24) is 9.80 Å². The summed E-state index contributed by atoms with van der Waals surface area (Å²) in [5, 5.41) is 0. The van der Waals surface area contributed by atoms with Crippen LogP contribution in [0.4, 0.5) is 0 Å². The van der Waals surface area contributed by atoms with Crippen LogP contribution in [0.15, 0.2) is 0 Å². The first-order valence-corrected chi connectivity index (χ1v) is 7.51. The third-order valence-electron chi connectivity index (χ3n) is 4.33. The van der Waals surface area contributed by atoms with Crippen molar-refractivity contribution in [2.45, 2.75) is 57.5 Å². The number of nitrogens with zero attached hydrogens (tertiary/aromatic N) is 2. The smallest absolute Gasteiger partial charge is 0.0235 e. The minimum Gasteiger partial charge on any atom is -0.327 e. The largest absolute Gasteiger partial charge is 0.327 e. The molecule has 0 bridgehead atoms. The van der Waals surface area contributed by atoms with Crippen LogP contribution in [0.1, 0.15) is 45.4 Å². The summed E-state index contributed by atoms with van der Waals surface area (Å²) in [6.45, 7) is 8.55. The van der Waals surface area contributed by atoms with Crippen LogP contribution >= 0.6 is 0 Å². The molecule has 2 saturated heterocycles. The fraction of sp³-hybridized carbons (Fsp3) is 1.00. The van der Waals surface area contributed by atoms with Crippen LogP contribution in [-0.2, 0) is 0 Å². The highest BCUT2D eigenvalue weighted by Gasteiger charge is 2.29. The standard InChI is InChI=1S/C14H29N3/c1-2-3-6-13(15)11-16-10-7-14(12-16)17-8-4-5-9-17/h13-14H,2-12,15H2,1H3. The van der Waals surface area contributed by atoms with Crippen LogP contribution < -0.4 is 5.73 Å². The number of nitrogens with two attached hydrogens (primary N) is 1. The molecular formula is C14H29N3. The number of rotatable bonds is 6. The van der Waals surface area contributed by atoms with Gasteiger partial charge in [-0.2, -0.15) is 0 Å². The molecule has 3 heteroatoms. The summed E-state index contributed by atoms with van der Waals surface area (Å²) in [7, 11) is 0. The number of hydrogen-bond acceptors (Lipinski definition) is 3. The van der Waals surface area contributed by atoms with Crippen molar-refractivity contribution in [2.75, 3.05) is 32.7 Å². The Balaban J connectivity index is 1.66. The van der Waals surface area contributed by atoms with Crippen molar-refractivity contribution in [1.29, 1.82) is 0 Å². The normalized spacial score (nSPS) is 28.9. The molecule has 2 unspecified atom stereocenters. The molecule has 3 nitrogen and oxygen atoms in total. The molecule has 2 aliphatic heterocycles. The molecule has 2 heterocycles. The van der Waals surface area contributed by atoms with Gasteiger partial charge in [0.15, 0.2) is 0 Å². The van der Waals surface area contributed by atoms with E-state index in [4.69, 9.17) is 5.73 Å². The van der Waals surface area contributed by atoms with Crippen LogP contribution in [0.2, 0.25) is 0 Å². The number of likely N-dealkylation sites (tertiary alicyclic amines) is 2. The molecule has 0 aliphatic carbocycles. The summed E-state index contributed by atoms with van der Waals surface area (Å²) in [5.74, 6) is 0. The van der Waals surface area contributed by atoms with E-state index < -0.39 is 0 Å². The molecule has 0 spiro atoms. The fourth-order valence-electron chi connectivity index (χ4n) is 3.27. The molecule has 2 fully saturated rings. The Labute approximate surface area is 106 Å². The average Bonchev–Trinajstić information content (AvgIpc) is 2.95. The highest BCUT2D eigenvalue weighted by Crippen LogP contribution is 2.20. The van der Waals surface area contributed by atoms with E-state index >= 15 is 0 Å². The Morgan fingerprint density at radius 3 is 2.71 bits per heavy atom. The Morgan fingerprint density at radius 2 is 2.00 bits per heavy atom. The summed E-state index contributed by atoms with van der Waals surface area (Å²) in [4.78, 5) is 5.28. The first-order valence-electron chi connectivity index (χ1n) is 7.51. The van der Waals surface area contributed by atoms with Crippen LogP contribution in [0.5, 0.6) is 0 Å². The molecule has 2 rings (SSSR count). The Kier molecular flexibility index (Phi) is 5.26. The molecular weight excluding hydrogens is 210 g/mol. The zero-order valence-corrected chi connectivity index (χ0v) is 11.4. The van der Waals surface area contributed by atoms with Crippen LogP contribution in [0.25, 0.3) is 0 Å². The van der Waals surface area contributed by atoms with Gasteiger partial charge >= 0.3 is 0 Å². The highest BCUT2D eigenvalue weighted by molar-refractivity contribution is 4.86. The van der Waals surface area contributed by atoms with Crippen LogP contribution in [0.3, 0.4) is 0 Å². The highest BCUT2D eigenvalue weighted by atomic mass is 15.3. The number of hydrogen-bond donors (Lipinski definition) is 1. The summed E-state index contributed by atoms with van der Waals surface area (Å²) < 4.78 is 0. The summed E-state index contributed by atoms with van der Waals surface area (Å²) in [6.07, 6.45) is 7.93. The Hall–Kier alpha value is -0.120. The molecule has 0 radical (unpaired) electrons. The van der Waals surface area contributed by atoms with Crippen molar-refractivity contribution in [3.05, 3.63) is 0 Å². The van der Waals surface area contributed by atoms with Gasteiger partial charge in [0.25, 0.3) is 0 Å². The zero-order chi connectivity index (χ0) is 12.1.